The van der Waals surface area contributed by atoms with Crippen LogP contribution >= 0.6 is 0 Å². The van der Waals surface area contributed by atoms with Crippen LogP contribution in [0.2, 0.25) is 0 Å². The average molecular weight is 192 g/mol. The number of carbonyl (C=O) groups excluding carboxylic acids is 1. The summed E-state index contributed by atoms with van der Waals surface area (Å²) < 4.78 is 0. The zero-order valence-corrected chi connectivity index (χ0v) is 8.60. The van der Waals surface area contributed by atoms with Gasteiger partial charge in [-0.1, -0.05) is 44.2 Å². The lowest BCUT2D eigenvalue weighted by Gasteiger charge is -2.11. The van der Waals surface area contributed by atoms with E-state index in [-0.39, 0.29) is 11.7 Å². The van der Waals surface area contributed by atoms with Gasteiger partial charge in [0.2, 0.25) is 0 Å². The zero-order valence-electron chi connectivity index (χ0n) is 8.60. The summed E-state index contributed by atoms with van der Waals surface area (Å²) >= 11 is 0. The topological polar surface area (TPSA) is 37.3 Å². The highest BCUT2D eigenvalue weighted by Gasteiger charge is 2.18. The van der Waals surface area contributed by atoms with E-state index in [4.69, 9.17) is 0 Å². The quantitative estimate of drug-likeness (QED) is 0.790. The minimum absolute atomic E-state index is 0.0890. The van der Waals surface area contributed by atoms with Gasteiger partial charge in [0, 0.05) is 12.3 Å². The van der Waals surface area contributed by atoms with Crippen LogP contribution in [0.15, 0.2) is 30.3 Å². The van der Waals surface area contributed by atoms with Crippen LogP contribution in [-0.2, 0) is 11.2 Å². The number of hydrogen-bond donors (Lipinski definition) is 1. The van der Waals surface area contributed by atoms with E-state index in [1.165, 1.54) is 0 Å². The van der Waals surface area contributed by atoms with Gasteiger partial charge in [-0.05, 0) is 5.56 Å². The number of hydrogen-bond acceptors (Lipinski definition) is 2. The Morgan fingerprint density at radius 2 is 1.86 bits per heavy atom. The Hall–Kier alpha value is -1.15. The van der Waals surface area contributed by atoms with E-state index in [0.717, 1.165) is 5.56 Å². The molecule has 0 unspecified atom stereocenters. The molecule has 0 saturated heterocycles. The molecule has 0 amide bonds. The van der Waals surface area contributed by atoms with Gasteiger partial charge in [0.05, 0.1) is 0 Å². The van der Waals surface area contributed by atoms with Gasteiger partial charge in [0.15, 0.2) is 5.78 Å². The van der Waals surface area contributed by atoms with Gasteiger partial charge in [0.25, 0.3) is 0 Å². The Labute approximate surface area is 84.6 Å². The smallest absolute Gasteiger partial charge is 0.164 e. The molecule has 0 heterocycles. The van der Waals surface area contributed by atoms with E-state index in [0.29, 0.717) is 6.42 Å². The lowest BCUT2D eigenvalue weighted by Crippen LogP contribution is -2.26. The van der Waals surface area contributed by atoms with E-state index >= 15 is 0 Å². The second-order valence-electron chi connectivity index (χ2n) is 3.76. The summed E-state index contributed by atoms with van der Waals surface area (Å²) in [5.74, 6) is -0.192. The molecule has 0 aliphatic heterocycles. The number of rotatable bonds is 4. The van der Waals surface area contributed by atoms with Crippen molar-refractivity contribution in [1.29, 1.82) is 0 Å². The molecule has 1 aromatic carbocycles. The molecule has 0 saturated carbocycles. The van der Waals surface area contributed by atoms with Gasteiger partial charge < -0.3 is 5.11 Å². The molecule has 1 atom stereocenters. The van der Waals surface area contributed by atoms with Crippen LogP contribution in [0.25, 0.3) is 0 Å². The highest BCUT2D eigenvalue weighted by molar-refractivity contribution is 5.84. The van der Waals surface area contributed by atoms with Gasteiger partial charge in [-0.2, -0.15) is 0 Å². The molecule has 1 aromatic rings. The third-order valence-corrected chi connectivity index (χ3v) is 2.17. The van der Waals surface area contributed by atoms with Crippen molar-refractivity contribution in [2.45, 2.75) is 26.4 Å². The number of ketones is 1. The summed E-state index contributed by atoms with van der Waals surface area (Å²) in [7, 11) is 0. The third-order valence-electron chi connectivity index (χ3n) is 2.17. The number of Topliss-reactive ketones (excluding diaryl/α,β-unsaturated/α-hetero) is 1. The number of benzene rings is 1. The number of aliphatic hydroxyl groups excluding tert-OH is 1. The summed E-state index contributed by atoms with van der Waals surface area (Å²) in [6, 6.07) is 9.55. The lowest BCUT2D eigenvalue weighted by atomic mass is 9.98. The standard InChI is InChI=1S/C12H16O2/c1-9(2)12(14)11(13)8-10-6-4-3-5-7-10/h3-7,9,11,13H,8H2,1-2H3/t11-/m0/s1. The first-order chi connectivity index (χ1) is 6.61. The van der Waals surface area contributed by atoms with Crippen molar-refractivity contribution < 1.29 is 9.90 Å². The number of aliphatic hydroxyl groups is 1. The summed E-state index contributed by atoms with van der Waals surface area (Å²) in [5, 5.41) is 9.59. The molecule has 76 valence electrons. The first-order valence-corrected chi connectivity index (χ1v) is 4.87. The Bertz CT molecular complexity index is 290. The molecular formula is C12H16O2. The largest absolute Gasteiger partial charge is 0.385 e. The maximum absolute atomic E-state index is 11.4. The Morgan fingerprint density at radius 1 is 1.29 bits per heavy atom. The predicted octanol–water partition coefficient (Wildman–Crippen LogP) is 1.82. The molecule has 0 bridgehead atoms. The first-order valence-electron chi connectivity index (χ1n) is 4.87. The molecule has 14 heavy (non-hydrogen) atoms. The SMILES string of the molecule is CC(C)C(=O)[C@@H](O)Cc1ccccc1. The van der Waals surface area contributed by atoms with Crippen LogP contribution in [0.5, 0.6) is 0 Å². The summed E-state index contributed by atoms with van der Waals surface area (Å²) in [6.45, 7) is 3.60. The summed E-state index contributed by atoms with van der Waals surface area (Å²) in [5.41, 5.74) is 0.994. The van der Waals surface area contributed by atoms with Gasteiger partial charge in [0.1, 0.15) is 6.10 Å². The third kappa shape index (κ3) is 2.96. The molecule has 1 rings (SSSR count). The zero-order chi connectivity index (χ0) is 10.6. The van der Waals surface area contributed by atoms with E-state index in [1.54, 1.807) is 13.8 Å². The summed E-state index contributed by atoms with van der Waals surface area (Å²) in [4.78, 5) is 11.4. The predicted molar refractivity (Wildman–Crippen MR) is 56.0 cm³/mol. The fourth-order valence-electron chi connectivity index (χ4n) is 1.32. The second kappa shape index (κ2) is 4.91. The van der Waals surface area contributed by atoms with Crippen LogP contribution in [-0.4, -0.2) is 17.0 Å². The Kier molecular flexibility index (Phi) is 3.84. The molecular weight excluding hydrogens is 176 g/mol. The fourth-order valence-corrected chi connectivity index (χ4v) is 1.32. The molecule has 0 fully saturated rings. The van der Waals surface area contributed by atoms with E-state index < -0.39 is 6.10 Å². The van der Waals surface area contributed by atoms with Crippen LogP contribution in [0, 0.1) is 5.92 Å². The molecule has 2 heteroatoms. The van der Waals surface area contributed by atoms with Crippen molar-refractivity contribution in [1.82, 2.24) is 0 Å². The molecule has 0 spiro atoms. The summed E-state index contributed by atoms with van der Waals surface area (Å²) in [6.07, 6.45) is -0.449. The van der Waals surface area contributed by atoms with Gasteiger partial charge >= 0.3 is 0 Å². The van der Waals surface area contributed by atoms with Gasteiger partial charge in [-0.15, -0.1) is 0 Å². The Balaban J connectivity index is 2.57. The molecule has 0 aliphatic carbocycles. The Morgan fingerprint density at radius 3 is 2.36 bits per heavy atom. The maximum atomic E-state index is 11.4. The van der Waals surface area contributed by atoms with Crippen molar-refractivity contribution in [3.8, 4) is 0 Å². The van der Waals surface area contributed by atoms with Crippen molar-refractivity contribution in [3.63, 3.8) is 0 Å². The first kappa shape index (κ1) is 10.9. The van der Waals surface area contributed by atoms with Crippen LogP contribution in [0.4, 0.5) is 0 Å². The second-order valence-corrected chi connectivity index (χ2v) is 3.76. The lowest BCUT2D eigenvalue weighted by molar-refractivity contribution is -0.130. The minimum atomic E-state index is -0.864. The van der Waals surface area contributed by atoms with Gasteiger partial charge in [-0.25, -0.2) is 0 Å². The van der Waals surface area contributed by atoms with E-state index in [1.807, 2.05) is 30.3 Å². The minimum Gasteiger partial charge on any atom is -0.385 e. The highest BCUT2D eigenvalue weighted by atomic mass is 16.3. The van der Waals surface area contributed by atoms with E-state index in [9.17, 15) is 9.90 Å². The van der Waals surface area contributed by atoms with Crippen molar-refractivity contribution in [2.75, 3.05) is 0 Å². The fraction of sp³-hybridized carbons (Fsp3) is 0.417. The average Bonchev–Trinajstić information content (AvgIpc) is 2.18. The maximum Gasteiger partial charge on any atom is 0.164 e. The van der Waals surface area contributed by atoms with Crippen molar-refractivity contribution in [2.24, 2.45) is 5.92 Å². The molecule has 0 radical (unpaired) electrons. The normalized spacial score (nSPS) is 12.9. The molecule has 0 aliphatic rings. The van der Waals surface area contributed by atoms with Gasteiger partial charge in [-0.3, -0.25) is 4.79 Å². The molecule has 0 aromatic heterocycles. The number of carbonyl (C=O) groups is 1. The van der Waals surface area contributed by atoms with Crippen molar-refractivity contribution in [3.05, 3.63) is 35.9 Å². The monoisotopic (exact) mass is 192 g/mol. The molecule has 1 N–H and O–H groups in total. The highest BCUT2D eigenvalue weighted by Crippen LogP contribution is 2.07. The van der Waals surface area contributed by atoms with Crippen molar-refractivity contribution >= 4 is 5.78 Å². The van der Waals surface area contributed by atoms with E-state index in [2.05, 4.69) is 0 Å². The molecule has 2 nitrogen and oxygen atoms in total. The van der Waals surface area contributed by atoms with Crippen LogP contribution < -0.4 is 0 Å². The van der Waals surface area contributed by atoms with Crippen LogP contribution in [0.3, 0.4) is 0 Å². The van der Waals surface area contributed by atoms with Crippen LogP contribution in [0.1, 0.15) is 19.4 Å².